The molecule has 0 aliphatic heterocycles. The molecule has 2 aromatic carbocycles. The predicted molar refractivity (Wildman–Crippen MR) is 105 cm³/mol. The number of nitrogens with one attached hydrogen (secondary N) is 1. The minimum atomic E-state index is -0.439. The number of hydrogen-bond acceptors (Lipinski definition) is 6. The number of aromatic nitrogens is 4. The van der Waals surface area contributed by atoms with E-state index < -0.39 is 5.91 Å². The van der Waals surface area contributed by atoms with Crippen LogP contribution < -0.4 is 10.9 Å². The van der Waals surface area contributed by atoms with Gasteiger partial charge in [0.05, 0.1) is 13.1 Å². The van der Waals surface area contributed by atoms with Gasteiger partial charge in [0.15, 0.2) is 0 Å². The van der Waals surface area contributed by atoms with Gasteiger partial charge in [0.2, 0.25) is 11.7 Å². The molecule has 0 aliphatic carbocycles. The Hall–Kier alpha value is -4.07. The van der Waals surface area contributed by atoms with E-state index in [1.54, 1.807) is 0 Å². The molecule has 8 nitrogen and oxygen atoms in total. The topological polar surface area (TPSA) is 103 Å². The Balaban J connectivity index is 1.43. The Morgan fingerprint density at radius 1 is 0.966 bits per heavy atom. The summed E-state index contributed by atoms with van der Waals surface area (Å²) in [6.45, 7) is 0.336. The van der Waals surface area contributed by atoms with E-state index in [1.165, 1.54) is 16.8 Å². The number of amides is 1. The summed E-state index contributed by atoms with van der Waals surface area (Å²) in [7, 11) is 0. The molecular formula is C21H17N5O3. The van der Waals surface area contributed by atoms with Gasteiger partial charge in [-0.15, -0.1) is 0 Å². The van der Waals surface area contributed by atoms with Crippen molar-refractivity contribution in [3.63, 3.8) is 0 Å². The minimum absolute atomic E-state index is 0.0537. The van der Waals surface area contributed by atoms with Gasteiger partial charge in [-0.25, -0.2) is 4.68 Å². The van der Waals surface area contributed by atoms with E-state index in [-0.39, 0.29) is 30.2 Å². The second-order valence-corrected chi connectivity index (χ2v) is 6.26. The highest BCUT2D eigenvalue weighted by molar-refractivity contribution is 5.91. The van der Waals surface area contributed by atoms with Crippen LogP contribution in [0, 0.1) is 0 Å². The molecular weight excluding hydrogens is 370 g/mol. The lowest BCUT2D eigenvalue weighted by Gasteiger charge is -2.07. The third-order valence-corrected chi connectivity index (χ3v) is 4.17. The lowest BCUT2D eigenvalue weighted by atomic mass is 10.2. The summed E-state index contributed by atoms with van der Waals surface area (Å²) in [5.41, 5.74) is 1.58. The molecule has 0 unspecified atom stereocenters. The smallest absolute Gasteiger partial charge is 0.272 e. The molecule has 0 spiro atoms. The maximum absolute atomic E-state index is 12.4. The summed E-state index contributed by atoms with van der Waals surface area (Å²) in [5, 5.41) is 10.7. The van der Waals surface area contributed by atoms with E-state index in [1.807, 2.05) is 60.7 Å². The van der Waals surface area contributed by atoms with Crippen molar-refractivity contribution in [1.29, 1.82) is 0 Å². The molecule has 0 fully saturated rings. The largest absolute Gasteiger partial charge is 0.342 e. The molecule has 0 atom stereocenters. The van der Waals surface area contributed by atoms with E-state index in [2.05, 4.69) is 20.6 Å². The second kappa shape index (κ2) is 8.30. The molecule has 4 rings (SSSR count). The van der Waals surface area contributed by atoms with Crippen LogP contribution in [0.2, 0.25) is 0 Å². The van der Waals surface area contributed by atoms with E-state index in [0.717, 1.165) is 11.1 Å². The standard InChI is InChI=1S/C21H17N5O3/c27-19-12-11-17(24-26(19)14-15-7-3-1-4-8-15)21(28)22-13-18-23-20(25-29-18)16-9-5-2-6-10-16/h1-12H,13-14H2,(H,22,28). The van der Waals surface area contributed by atoms with Crippen molar-refractivity contribution in [2.45, 2.75) is 13.1 Å². The summed E-state index contributed by atoms with van der Waals surface area (Å²) in [6, 6.07) is 21.5. The fraction of sp³-hybridized carbons (Fsp3) is 0.0952. The van der Waals surface area contributed by atoms with Crippen LogP contribution in [0.4, 0.5) is 0 Å². The quantitative estimate of drug-likeness (QED) is 0.544. The SMILES string of the molecule is O=C(NCc1nc(-c2ccccc2)no1)c1ccc(=O)n(Cc2ccccc2)n1. The Morgan fingerprint density at radius 2 is 1.69 bits per heavy atom. The van der Waals surface area contributed by atoms with Gasteiger partial charge >= 0.3 is 0 Å². The second-order valence-electron chi connectivity index (χ2n) is 6.26. The third-order valence-electron chi connectivity index (χ3n) is 4.17. The molecule has 0 saturated heterocycles. The van der Waals surface area contributed by atoms with E-state index in [0.29, 0.717) is 5.82 Å². The predicted octanol–water partition coefficient (Wildman–Crippen LogP) is 2.27. The third kappa shape index (κ3) is 4.44. The van der Waals surface area contributed by atoms with Crippen LogP contribution in [0.25, 0.3) is 11.4 Å². The van der Waals surface area contributed by atoms with Crippen LogP contribution in [0.15, 0.2) is 82.1 Å². The number of carbonyl (C=O) groups excluding carboxylic acids is 1. The molecule has 2 heterocycles. The van der Waals surface area contributed by atoms with Gasteiger partial charge in [0, 0.05) is 11.6 Å². The molecule has 2 aromatic heterocycles. The van der Waals surface area contributed by atoms with Crippen molar-refractivity contribution in [3.8, 4) is 11.4 Å². The first kappa shape index (κ1) is 18.3. The zero-order valence-corrected chi connectivity index (χ0v) is 15.4. The van der Waals surface area contributed by atoms with Crippen LogP contribution in [0.1, 0.15) is 21.9 Å². The molecule has 1 amide bonds. The summed E-state index contributed by atoms with van der Waals surface area (Å²) < 4.78 is 6.43. The number of nitrogens with zero attached hydrogens (tertiary/aromatic N) is 4. The molecule has 4 aromatic rings. The van der Waals surface area contributed by atoms with Gasteiger partial charge in [-0.05, 0) is 11.6 Å². The van der Waals surface area contributed by atoms with E-state index in [4.69, 9.17) is 4.52 Å². The molecule has 0 bridgehead atoms. The summed E-state index contributed by atoms with van der Waals surface area (Å²) >= 11 is 0. The first-order chi connectivity index (χ1) is 14.2. The lowest BCUT2D eigenvalue weighted by molar-refractivity contribution is 0.0938. The highest BCUT2D eigenvalue weighted by Crippen LogP contribution is 2.14. The van der Waals surface area contributed by atoms with Crippen molar-refractivity contribution in [3.05, 3.63) is 100 Å². The summed E-state index contributed by atoms with van der Waals surface area (Å²) in [5.74, 6) is 0.283. The van der Waals surface area contributed by atoms with Gasteiger partial charge < -0.3 is 9.84 Å². The molecule has 29 heavy (non-hydrogen) atoms. The summed E-state index contributed by atoms with van der Waals surface area (Å²) in [6.07, 6.45) is 0. The molecule has 0 radical (unpaired) electrons. The highest BCUT2D eigenvalue weighted by atomic mass is 16.5. The van der Waals surface area contributed by atoms with Crippen LogP contribution in [0.3, 0.4) is 0 Å². The molecule has 0 saturated carbocycles. The number of benzene rings is 2. The fourth-order valence-electron chi connectivity index (χ4n) is 2.72. The zero-order valence-electron chi connectivity index (χ0n) is 15.4. The lowest BCUT2D eigenvalue weighted by Crippen LogP contribution is -2.29. The Bertz CT molecular complexity index is 1170. The van der Waals surface area contributed by atoms with Gasteiger partial charge in [-0.3, -0.25) is 9.59 Å². The van der Waals surface area contributed by atoms with Crippen molar-refractivity contribution in [2.24, 2.45) is 0 Å². The van der Waals surface area contributed by atoms with Gasteiger partial charge in [-0.2, -0.15) is 10.1 Å². The normalized spacial score (nSPS) is 10.6. The molecule has 144 valence electrons. The number of carbonyl (C=O) groups is 1. The first-order valence-electron chi connectivity index (χ1n) is 8.97. The highest BCUT2D eigenvalue weighted by Gasteiger charge is 2.13. The zero-order chi connectivity index (χ0) is 20.1. The summed E-state index contributed by atoms with van der Waals surface area (Å²) in [4.78, 5) is 28.7. The Labute approximate surface area is 165 Å². The maximum Gasteiger partial charge on any atom is 0.272 e. The van der Waals surface area contributed by atoms with Crippen molar-refractivity contribution in [2.75, 3.05) is 0 Å². The molecule has 8 heteroatoms. The van der Waals surface area contributed by atoms with Crippen molar-refractivity contribution in [1.82, 2.24) is 25.2 Å². The molecule has 0 aliphatic rings. The Morgan fingerprint density at radius 3 is 2.45 bits per heavy atom. The molecule has 1 N–H and O–H groups in total. The maximum atomic E-state index is 12.4. The van der Waals surface area contributed by atoms with E-state index >= 15 is 0 Å². The van der Waals surface area contributed by atoms with Crippen molar-refractivity contribution < 1.29 is 9.32 Å². The van der Waals surface area contributed by atoms with Crippen LogP contribution in [-0.4, -0.2) is 25.8 Å². The van der Waals surface area contributed by atoms with Crippen molar-refractivity contribution >= 4 is 5.91 Å². The fourth-order valence-corrected chi connectivity index (χ4v) is 2.72. The number of rotatable bonds is 6. The van der Waals surface area contributed by atoms with Crippen LogP contribution in [0.5, 0.6) is 0 Å². The van der Waals surface area contributed by atoms with Crippen LogP contribution in [-0.2, 0) is 13.1 Å². The first-order valence-corrected chi connectivity index (χ1v) is 8.97. The Kier molecular flexibility index (Phi) is 5.24. The van der Waals surface area contributed by atoms with Crippen LogP contribution >= 0.6 is 0 Å². The number of hydrogen-bond donors (Lipinski definition) is 1. The average Bonchev–Trinajstić information content (AvgIpc) is 3.24. The van der Waals surface area contributed by atoms with Gasteiger partial charge in [0.1, 0.15) is 5.69 Å². The van der Waals surface area contributed by atoms with E-state index in [9.17, 15) is 9.59 Å². The van der Waals surface area contributed by atoms with Gasteiger partial charge in [0.25, 0.3) is 11.5 Å². The minimum Gasteiger partial charge on any atom is -0.342 e. The monoisotopic (exact) mass is 387 g/mol. The average molecular weight is 387 g/mol. The van der Waals surface area contributed by atoms with Gasteiger partial charge in [-0.1, -0.05) is 65.8 Å².